The Morgan fingerprint density at radius 1 is 1.26 bits per heavy atom. The van der Waals surface area contributed by atoms with Crippen molar-refractivity contribution in [1.82, 2.24) is 15.1 Å². The van der Waals surface area contributed by atoms with Gasteiger partial charge in [-0.05, 0) is 43.2 Å². The lowest BCUT2D eigenvalue weighted by atomic mass is 10.2. The minimum absolute atomic E-state index is 0.0572. The van der Waals surface area contributed by atoms with Crippen LogP contribution in [-0.2, 0) is 0 Å². The lowest BCUT2D eigenvalue weighted by Crippen LogP contribution is -1.95. The van der Waals surface area contributed by atoms with Gasteiger partial charge in [-0.25, -0.2) is 0 Å². The number of phenolic OH excluding ortho intramolecular Hbond substituents is 1. The number of pyridine rings is 1. The first-order valence-corrected chi connectivity index (χ1v) is 7.41. The fourth-order valence-corrected chi connectivity index (χ4v) is 2.14. The maximum atomic E-state index is 10.0. The predicted octanol–water partition coefficient (Wildman–Crippen LogP) is 3.60. The molecule has 0 aliphatic rings. The van der Waals surface area contributed by atoms with Crippen molar-refractivity contribution in [2.45, 2.75) is 20.3 Å². The van der Waals surface area contributed by atoms with Crippen molar-refractivity contribution in [3.8, 4) is 34.5 Å². The third kappa shape index (κ3) is 3.15. The molecule has 0 fully saturated rings. The molecule has 0 bridgehead atoms. The van der Waals surface area contributed by atoms with E-state index in [-0.39, 0.29) is 11.6 Å². The van der Waals surface area contributed by atoms with Crippen LogP contribution in [0.1, 0.15) is 18.9 Å². The van der Waals surface area contributed by atoms with Gasteiger partial charge in [-0.2, -0.15) is 4.98 Å². The number of nitrogens with zero attached hydrogens (tertiary/aromatic N) is 3. The van der Waals surface area contributed by atoms with Crippen LogP contribution in [0, 0.1) is 6.92 Å². The summed E-state index contributed by atoms with van der Waals surface area (Å²) in [5, 5.41) is 14.0. The normalized spacial score (nSPS) is 10.7. The van der Waals surface area contributed by atoms with E-state index in [1.807, 2.05) is 26.0 Å². The fourth-order valence-electron chi connectivity index (χ4n) is 2.14. The van der Waals surface area contributed by atoms with Crippen LogP contribution in [-0.4, -0.2) is 26.8 Å². The lowest BCUT2D eigenvalue weighted by Gasteiger charge is -2.06. The molecule has 2 heterocycles. The molecule has 0 aliphatic carbocycles. The molecule has 118 valence electrons. The summed E-state index contributed by atoms with van der Waals surface area (Å²) < 4.78 is 10.9. The number of aromatic nitrogens is 3. The number of aryl methyl sites for hydroxylation is 1. The lowest BCUT2D eigenvalue weighted by molar-refractivity contribution is 0.317. The van der Waals surface area contributed by atoms with Gasteiger partial charge in [-0.1, -0.05) is 18.1 Å². The molecule has 6 heteroatoms. The van der Waals surface area contributed by atoms with E-state index < -0.39 is 0 Å². The van der Waals surface area contributed by atoms with E-state index in [2.05, 4.69) is 15.1 Å². The number of phenols is 1. The first kappa shape index (κ1) is 15.0. The molecule has 0 saturated carbocycles. The number of benzene rings is 1. The van der Waals surface area contributed by atoms with E-state index in [1.165, 1.54) is 0 Å². The molecule has 3 aromatic rings. The molecular formula is C17H17N3O3. The number of ether oxygens (including phenoxy) is 1. The minimum atomic E-state index is 0.0572. The number of hydrogen-bond donors (Lipinski definition) is 1. The second kappa shape index (κ2) is 6.48. The third-order valence-corrected chi connectivity index (χ3v) is 3.32. The van der Waals surface area contributed by atoms with E-state index in [0.29, 0.717) is 29.4 Å². The molecule has 1 N–H and O–H groups in total. The molecule has 0 spiro atoms. The van der Waals surface area contributed by atoms with Crippen molar-refractivity contribution in [2.24, 2.45) is 0 Å². The van der Waals surface area contributed by atoms with Crippen molar-refractivity contribution in [1.29, 1.82) is 0 Å². The summed E-state index contributed by atoms with van der Waals surface area (Å²) >= 11 is 0. The molecule has 23 heavy (non-hydrogen) atoms. The Kier molecular flexibility index (Phi) is 4.23. The Balaban J connectivity index is 1.95. The smallest absolute Gasteiger partial charge is 0.262 e. The molecule has 0 saturated heterocycles. The first-order valence-electron chi connectivity index (χ1n) is 7.41. The van der Waals surface area contributed by atoms with Gasteiger partial charge in [0, 0.05) is 6.20 Å². The molecule has 2 aromatic heterocycles. The van der Waals surface area contributed by atoms with Gasteiger partial charge in [-0.3, -0.25) is 4.98 Å². The largest absolute Gasteiger partial charge is 0.507 e. The van der Waals surface area contributed by atoms with Crippen LogP contribution in [0.4, 0.5) is 0 Å². The van der Waals surface area contributed by atoms with Crippen LogP contribution in [0.25, 0.3) is 23.0 Å². The highest BCUT2D eigenvalue weighted by Crippen LogP contribution is 2.32. The summed E-state index contributed by atoms with van der Waals surface area (Å²) in [5.41, 5.74) is 2.04. The zero-order valence-corrected chi connectivity index (χ0v) is 13.0. The van der Waals surface area contributed by atoms with Crippen LogP contribution in [0.15, 0.2) is 41.1 Å². The predicted molar refractivity (Wildman–Crippen MR) is 85.2 cm³/mol. The Morgan fingerprint density at radius 2 is 2.13 bits per heavy atom. The molecule has 0 atom stereocenters. The second-order valence-corrected chi connectivity index (χ2v) is 5.12. The quantitative estimate of drug-likeness (QED) is 0.775. The zero-order chi connectivity index (χ0) is 16.2. The molecule has 0 radical (unpaired) electrons. The van der Waals surface area contributed by atoms with Crippen molar-refractivity contribution in [3.63, 3.8) is 0 Å². The topological polar surface area (TPSA) is 81.3 Å². The molecule has 1 aromatic carbocycles. The Morgan fingerprint density at radius 3 is 2.91 bits per heavy atom. The summed E-state index contributed by atoms with van der Waals surface area (Å²) in [6.07, 6.45) is 2.58. The van der Waals surface area contributed by atoms with Crippen molar-refractivity contribution in [3.05, 3.63) is 42.1 Å². The average Bonchev–Trinajstić information content (AvgIpc) is 3.04. The molecule has 0 aliphatic heterocycles. The highest BCUT2D eigenvalue weighted by atomic mass is 16.5. The fraction of sp³-hybridized carbons (Fsp3) is 0.235. The van der Waals surface area contributed by atoms with Gasteiger partial charge in [0.15, 0.2) is 0 Å². The van der Waals surface area contributed by atoms with Crippen molar-refractivity contribution >= 4 is 0 Å². The van der Waals surface area contributed by atoms with Gasteiger partial charge in [0.2, 0.25) is 5.82 Å². The maximum absolute atomic E-state index is 10.0. The van der Waals surface area contributed by atoms with E-state index in [0.717, 1.165) is 12.0 Å². The second-order valence-electron chi connectivity index (χ2n) is 5.12. The van der Waals surface area contributed by atoms with E-state index in [1.54, 1.807) is 24.4 Å². The number of rotatable bonds is 5. The zero-order valence-electron chi connectivity index (χ0n) is 13.0. The Labute approximate surface area is 133 Å². The summed E-state index contributed by atoms with van der Waals surface area (Å²) in [6.45, 7) is 4.56. The molecule has 0 amide bonds. The van der Waals surface area contributed by atoms with Crippen LogP contribution in [0.5, 0.6) is 11.5 Å². The van der Waals surface area contributed by atoms with Crippen molar-refractivity contribution < 1.29 is 14.4 Å². The number of hydrogen-bond acceptors (Lipinski definition) is 6. The summed E-state index contributed by atoms with van der Waals surface area (Å²) in [6, 6.07) is 8.72. The van der Waals surface area contributed by atoms with Crippen molar-refractivity contribution in [2.75, 3.05) is 6.61 Å². The molecule has 6 nitrogen and oxygen atoms in total. The van der Waals surface area contributed by atoms with Gasteiger partial charge in [0.1, 0.15) is 17.2 Å². The highest BCUT2D eigenvalue weighted by molar-refractivity contribution is 5.66. The maximum Gasteiger partial charge on any atom is 0.262 e. The monoisotopic (exact) mass is 311 g/mol. The summed E-state index contributed by atoms with van der Waals surface area (Å²) in [4.78, 5) is 8.60. The van der Waals surface area contributed by atoms with Crippen LogP contribution < -0.4 is 4.74 Å². The summed E-state index contributed by atoms with van der Waals surface area (Å²) in [7, 11) is 0. The molecule has 3 rings (SSSR count). The standard InChI is InChI=1S/C17H17N3O3/c1-3-9-22-12-6-7-14(21)13(10-12)17-19-16(20-23-17)15-11(2)5-4-8-18-15/h4-8,10,21H,3,9H2,1-2H3. The van der Waals surface area contributed by atoms with E-state index >= 15 is 0 Å². The third-order valence-electron chi connectivity index (χ3n) is 3.32. The minimum Gasteiger partial charge on any atom is -0.507 e. The van der Waals surface area contributed by atoms with E-state index in [4.69, 9.17) is 9.26 Å². The van der Waals surface area contributed by atoms with Crippen LogP contribution in [0.3, 0.4) is 0 Å². The van der Waals surface area contributed by atoms with Crippen LogP contribution in [0.2, 0.25) is 0 Å². The molecular weight excluding hydrogens is 294 g/mol. The van der Waals surface area contributed by atoms with Gasteiger partial charge < -0.3 is 14.4 Å². The first-order chi connectivity index (χ1) is 11.2. The molecule has 0 unspecified atom stereocenters. The van der Waals surface area contributed by atoms with Gasteiger partial charge >= 0.3 is 0 Å². The van der Waals surface area contributed by atoms with Gasteiger partial charge in [0.25, 0.3) is 5.89 Å². The summed E-state index contributed by atoms with van der Waals surface area (Å²) in [5.74, 6) is 1.32. The van der Waals surface area contributed by atoms with Gasteiger partial charge in [0.05, 0.1) is 12.2 Å². The average molecular weight is 311 g/mol. The Hall–Kier alpha value is -2.89. The number of aromatic hydroxyl groups is 1. The highest BCUT2D eigenvalue weighted by Gasteiger charge is 2.16. The van der Waals surface area contributed by atoms with E-state index in [9.17, 15) is 5.11 Å². The Bertz CT molecular complexity index is 814. The van der Waals surface area contributed by atoms with Gasteiger partial charge in [-0.15, -0.1) is 0 Å². The SMILES string of the molecule is CCCOc1ccc(O)c(-c2nc(-c3ncccc3C)no2)c1. The van der Waals surface area contributed by atoms with Crippen LogP contribution >= 0.6 is 0 Å².